The molecule has 0 aromatic carbocycles. The van der Waals surface area contributed by atoms with E-state index in [-0.39, 0.29) is 6.10 Å². The summed E-state index contributed by atoms with van der Waals surface area (Å²) in [7, 11) is 0. The van der Waals surface area contributed by atoms with E-state index in [4.69, 9.17) is 0 Å². The molecule has 0 aromatic heterocycles. The van der Waals surface area contributed by atoms with E-state index < -0.39 is 0 Å². The highest BCUT2D eigenvalue weighted by molar-refractivity contribution is 4.66. The molecule has 0 aliphatic carbocycles. The highest BCUT2D eigenvalue weighted by atomic mass is 16.3. The van der Waals surface area contributed by atoms with Crippen molar-refractivity contribution in [1.82, 2.24) is 4.90 Å². The minimum absolute atomic E-state index is 0.168. The molecule has 0 aliphatic rings. The Hall–Kier alpha value is -0.0800. The lowest BCUT2D eigenvalue weighted by atomic mass is 10.1. The van der Waals surface area contributed by atoms with Crippen LogP contribution in [0.4, 0.5) is 0 Å². The van der Waals surface area contributed by atoms with Crippen LogP contribution in [0.1, 0.15) is 40.5 Å². The average Bonchev–Trinajstić information content (AvgIpc) is 2.05. The molecule has 0 heterocycles. The van der Waals surface area contributed by atoms with Crippen LogP contribution in [0.5, 0.6) is 0 Å². The maximum Gasteiger partial charge on any atom is 0.0689 e. The molecule has 1 atom stereocenters. The van der Waals surface area contributed by atoms with Crippen LogP contribution in [0.2, 0.25) is 0 Å². The molecule has 80 valence electrons. The van der Waals surface area contributed by atoms with Crippen molar-refractivity contribution in [3.8, 4) is 0 Å². The largest absolute Gasteiger partial charge is 0.392 e. The van der Waals surface area contributed by atoms with Crippen LogP contribution in [0.3, 0.4) is 0 Å². The Bertz CT molecular complexity index is 109. The minimum Gasteiger partial charge on any atom is -0.392 e. The van der Waals surface area contributed by atoms with Crippen LogP contribution >= 0.6 is 0 Å². The summed E-state index contributed by atoms with van der Waals surface area (Å²) in [5.41, 5.74) is 0. The van der Waals surface area contributed by atoms with Gasteiger partial charge in [-0.1, -0.05) is 27.7 Å². The summed E-state index contributed by atoms with van der Waals surface area (Å²) >= 11 is 0. The molecular weight excluding hydrogens is 162 g/mol. The molecule has 0 saturated heterocycles. The zero-order valence-corrected chi connectivity index (χ0v) is 9.58. The highest BCUT2D eigenvalue weighted by Crippen LogP contribution is 2.04. The smallest absolute Gasteiger partial charge is 0.0689 e. The maximum atomic E-state index is 9.71. The van der Waals surface area contributed by atoms with Crippen molar-refractivity contribution >= 4 is 0 Å². The number of aliphatic hydroxyl groups excluding tert-OH is 1. The van der Waals surface area contributed by atoms with Crippen LogP contribution in [0.25, 0.3) is 0 Å². The topological polar surface area (TPSA) is 23.5 Å². The first-order valence-corrected chi connectivity index (χ1v) is 5.52. The zero-order chi connectivity index (χ0) is 10.3. The molecule has 13 heavy (non-hydrogen) atoms. The molecule has 0 aliphatic heterocycles. The first-order chi connectivity index (χ1) is 6.11. The van der Waals surface area contributed by atoms with Crippen molar-refractivity contribution in [3.63, 3.8) is 0 Å². The van der Waals surface area contributed by atoms with E-state index in [0.717, 1.165) is 19.6 Å². The Kier molecular flexibility index (Phi) is 7.29. The average molecular weight is 187 g/mol. The molecule has 1 unspecified atom stereocenters. The Morgan fingerprint density at radius 2 is 1.54 bits per heavy atom. The van der Waals surface area contributed by atoms with E-state index >= 15 is 0 Å². The number of hydrogen-bond acceptors (Lipinski definition) is 2. The molecule has 0 saturated carbocycles. The van der Waals surface area contributed by atoms with Crippen molar-refractivity contribution in [2.24, 2.45) is 5.92 Å². The lowest BCUT2D eigenvalue weighted by Gasteiger charge is -2.25. The summed E-state index contributed by atoms with van der Waals surface area (Å²) in [5, 5.41) is 9.71. The first-order valence-electron chi connectivity index (χ1n) is 5.52. The molecule has 2 nitrogen and oxygen atoms in total. The summed E-state index contributed by atoms with van der Waals surface area (Å²) < 4.78 is 0. The summed E-state index contributed by atoms with van der Waals surface area (Å²) in [6.07, 6.45) is 2.17. The second-order valence-electron chi connectivity index (χ2n) is 4.11. The van der Waals surface area contributed by atoms with Gasteiger partial charge in [0.15, 0.2) is 0 Å². The summed E-state index contributed by atoms with van der Waals surface area (Å²) in [6, 6.07) is 0. The fraction of sp³-hybridized carbons (Fsp3) is 1.00. The van der Waals surface area contributed by atoms with Gasteiger partial charge in [-0.25, -0.2) is 0 Å². The zero-order valence-electron chi connectivity index (χ0n) is 9.58. The number of nitrogens with zero attached hydrogens (tertiary/aromatic N) is 1. The van der Waals surface area contributed by atoms with Crippen LogP contribution < -0.4 is 0 Å². The predicted molar refractivity (Wildman–Crippen MR) is 57.9 cm³/mol. The van der Waals surface area contributed by atoms with Crippen molar-refractivity contribution in [3.05, 3.63) is 0 Å². The van der Waals surface area contributed by atoms with Crippen molar-refractivity contribution in [2.45, 2.75) is 46.6 Å². The van der Waals surface area contributed by atoms with Crippen molar-refractivity contribution in [2.75, 3.05) is 19.6 Å². The normalized spacial score (nSPS) is 14.1. The quantitative estimate of drug-likeness (QED) is 0.660. The third-order valence-corrected chi connectivity index (χ3v) is 2.29. The van der Waals surface area contributed by atoms with E-state index in [1.54, 1.807) is 0 Å². The van der Waals surface area contributed by atoms with Crippen LogP contribution in [0, 0.1) is 5.92 Å². The molecule has 1 N–H and O–H groups in total. The van der Waals surface area contributed by atoms with Crippen LogP contribution in [-0.2, 0) is 0 Å². The van der Waals surface area contributed by atoms with Gasteiger partial charge in [-0.3, -0.25) is 0 Å². The lowest BCUT2D eigenvalue weighted by molar-refractivity contribution is 0.0762. The van der Waals surface area contributed by atoms with Gasteiger partial charge in [-0.05, 0) is 31.8 Å². The van der Waals surface area contributed by atoms with Gasteiger partial charge in [0, 0.05) is 6.54 Å². The second kappa shape index (κ2) is 7.34. The summed E-state index contributed by atoms with van der Waals surface area (Å²) in [6.45, 7) is 11.6. The lowest BCUT2D eigenvalue weighted by Crippen LogP contribution is -2.36. The summed E-state index contributed by atoms with van der Waals surface area (Å²) in [4.78, 5) is 2.35. The van der Waals surface area contributed by atoms with Gasteiger partial charge in [0.1, 0.15) is 0 Å². The predicted octanol–water partition coefficient (Wildman–Crippen LogP) is 2.13. The number of rotatable bonds is 7. The highest BCUT2D eigenvalue weighted by Gasteiger charge is 2.13. The first kappa shape index (κ1) is 12.9. The van der Waals surface area contributed by atoms with E-state index in [1.165, 1.54) is 12.8 Å². The molecule has 0 bridgehead atoms. The Balaban J connectivity index is 3.78. The van der Waals surface area contributed by atoms with Crippen molar-refractivity contribution < 1.29 is 5.11 Å². The molecule has 0 amide bonds. The Morgan fingerprint density at radius 1 is 1.08 bits per heavy atom. The van der Waals surface area contributed by atoms with Gasteiger partial charge in [-0.2, -0.15) is 0 Å². The van der Waals surface area contributed by atoms with E-state index in [0.29, 0.717) is 5.92 Å². The SMILES string of the molecule is CCCN(CCC)CC(O)C(C)C. The molecular formula is C11H25NO. The Morgan fingerprint density at radius 3 is 1.85 bits per heavy atom. The monoisotopic (exact) mass is 187 g/mol. The van der Waals surface area contributed by atoms with Gasteiger partial charge >= 0.3 is 0 Å². The number of aliphatic hydroxyl groups is 1. The molecule has 0 aromatic rings. The van der Waals surface area contributed by atoms with Gasteiger partial charge in [-0.15, -0.1) is 0 Å². The van der Waals surface area contributed by atoms with Crippen molar-refractivity contribution in [1.29, 1.82) is 0 Å². The van der Waals surface area contributed by atoms with E-state index in [1.807, 2.05) is 0 Å². The van der Waals surface area contributed by atoms with Crippen LogP contribution in [-0.4, -0.2) is 35.7 Å². The molecule has 2 heteroatoms. The van der Waals surface area contributed by atoms with Gasteiger partial charge in [0.25, 0.3) is 0 Å². The minimum atomic E-state index is -0.168. The fourth-order valence-electron chi connectivity index (χ4n) is 1.40. The second-order valence-corrected chi connectivity index (χ2v) is 4.11. The molecule has 0 spiro atoms. The number of hydrogen-bond donors (Lipinski definition) is 1. The molecule has 0 rings (SSSR count). The summed E-state index contributed by atoms with van der Waals surface area (Å²) in [5.74, 6) is 0.371. The van der Waals surface area contributed by atoms with E-state index in [2.05, 4.69) is 32.6 Å². The van der Waals surface area contributed by atoms with Gasteiger partial charge in [0.05, 0.1) is 6.10 Å². The van der Waals surface area contributed by atoms with E-state index in [9.17, 15) is 5.11 Å². The standard InChI is InChI=1S/C11H25NO/c1-5-7-12(8-6-2)9-11(13)10(3)4/h10-11,13H,5-9H2,1-4H3. The van der Waals surface area contributed by atoms with Crippen LogP contribution in [0.15, 0.2) is 0 Å². The fourth-order valence-corrected chi connectivity index (χ4v) is 1.40. The maximum absolute atomic E-state index is 9.71. The Labute approximate surface area is 82.9 Å². The third kappa shape index (κ3) is 6.05. The molecule has 0 radical (unpaired) electrons. The third-order valence-electron chi connectivity index (χ3n) is 2.29. The van der Waals surface area contributed by atoms with Gasteiger partial charge < -0.3 is 10.0 Å². The molecule has 0 fully saturated rings. The van der Waals surface area contributed by atoms with Gasteiger partial charge in [0.2, 0.25) is 0 Å².